The maximum atomic E-state index is 13.3. The lowest BCUT2D eigenvalue weighted by Crippen LogP contribution is -2.56. The molecule has 10 rings (SSSR count). The van der Waals surface area contributed by atoms with Crippen molar-refractivity contribution in [3.63, 3.8) is 0 Å². The lowest BCUT2D eigenvalue weighted by atomic mass is 9.59. The number of nitriles is 1. The van der Waals surface area contributed by atoms with Gasteiger partial charge in [-0.1, -0.05) is 43.6 Å². The van der Waals surface area contributed by atoms with Crippen LogP contribution in [-0.2, 0) is 33.5 Å². The third-order valence-corrected chi connectivity index (χ3v) is 16.7. The number of hydrogen-bond donors (Lipinski definition) is 2. The van der Waals surface area contributed by atoms with E-state index < -0.39 is 24.1 Å². The molecule has 74 heavy (non-hydrogen) atoms. The van der Waals surface area contributed by atoms with Crippen LogP contribution in [0.3, 0.4) is 0 Å². The Morgan fingerprint density at radius 1 is 0.892 bits per heavy atom. The average molecular weight is 1040 g/mol. The molecule has 5 aromatic rings. The van der Waals surface area contributed by atoms with Gasteiger partial charge < -0.3 is 24.5 Å². The number of fused-ring (bicyclic) bond motifs is 1. The third-order valence-electron chi connectivity index (χ3n) is 16.5. The van der Waals surface area contributed by atoms with Crippen molar-refractivity contribution < 1.29 is 37.4 Å². The predicted octanol–water partition coefficient (Wildman–Crippen LogP) is 8.51. The minimum Gasteiger partial charge on any atom is -0.487 e. The largest absolute Gasteiger partial charge is 0.490 e. The van der Waals surface area contributed by atoms with Gasteiger partial charge in [0.25, 0.3) is 0 Å². The zero-order valence-corrected chi connectivity index (χ0v) is 42.8. The average Bonchev–Trinajstić information content (AvgIpc) is 3.62. The van der Waals surface area contributed by atoms with E-state index >= 15 is 0 Å². The number of aryl methyl sites for hydroxylation is 1. The summed E-state index contributed by atoms with van der Waals surface area (Å²) in [7, 11) is 1.77. The van der Waals surface area contributed by atoms with E-state index in [1.165, 1.54) is 63.7 Å². The first-order valence-corrected chi connectivity index (χ1v) is 26.0. The van der Waals surface area contributed by atoms with Crippen molar-refractivity contribution in [3.8, 4) is 11.8 Å². The molecule has 0 bridgehead atoms. The first kappa shape index (κ1) is 52.6. The molecular formula is C55H63ClF3N9O6. The molecule has 0 radical (unpaired) electrons. The molecule has 4 saturated heterocycles. The number of halogens is 4. The van der Waals surface area contributed by atoms with E-state index in [2.05, 4.69) is 69.2 Å². The number of nitrogens with zero attached hydrogens (tertiary/aromatic N) is 8. The van der Waals surface area contributed by atoms with Crippen LogP contribution in [0.2, 0.25) is 5.02 Å². The number of benzene rings is 3. The zero-order chi connectivity index (χ0) is 52.5. The lowest BCUT2D eigenvalue weighted by molar-refractivity contribution is -0.192. The third kappa shape index (κ3) is 11.5. The molecule has 15 nitrogen and oxygen atoms in total. The number of hydrogen-bond acceptors (Lipinski definition) is 11. The Bertz CT molecular complexity index is 2970. The van der Waals surface area contributed by atoms with Gasteiger partial charge in [-0.05, 0) is 166 Å². The number of imide groups is 1. The Hall–Kier alpha value is -6.29. The molecule has 1 aliphatic carbocycles. The van der Waals surface area contributed by atoms with Crippen molar-refractivity contribution >= 4 is 46.4 Å². The number of imidazole rings is 1. The van der Waals surface area contributed by atoms with Gasteiger partial charge in [-0.3, -0.25) is 24.0 Å². The standard InChI is InChI=1S/C53H62ClN9O4.C2HF3O2/c1-52(2,40-26-36(32-55)27-41(54)29-40)39-5-7-44(8-6-39)67-34-42-12-19-56-50(57-42)62-24-17-53(18-25-62)30-43(31-53)61-22-13-35(14-23-61)33-60-20-15-37(16-21-60)38-4-9-45-47(28-38)59(3)51(66)63(45)46-10-11-48(64)58-49(46)65;3-2(4,5)1(6)7/h4-9,12,19,26-29,35,37,43,46H,10-11,13-18,20-25,30-31,33-34H2,1-3H3,(H,58,64,65);(H,6,7). The van der Waals surface area contributed by atoms with Gasteiger partial charge in [0.1, 0.15) is 18.4 Å². The van der Waals surface area contributed by atoms with Gasteiger partial charge in [0.05, 0.1) is 28.4 Å². The summed E-state index contributed by atoms with van der Waals surface area (Å²) in [4.78, 5) is 64.0. The van der Waals surface area contributed by atoms with E-state index in [9.17, 15) is 32.8 Å². The Morgan fingerprint density at radius 3 is 2.23 bits per heavy atom. The number of likely N-dealkylation sites (tertiary alicyclic amines) is 2. The van der Waals surface area contributed by atoms with E-state index in [0.717, 1.165) is 84.5 Å². The van der Waals surface area contributed by atoms with Crippen LogP contribution < -0.4 is 20.6 Å². The Morgan fingerprint density at radius 2 is 1.58 bits per heavy atom. The van der Waals surface area contributed by atoms with Crippen molar-refractivity contribution in [1.82, 2.24) is 34.2 Å². The highest BCUT2D eigenvalue weighted by molar-refractivity contribution is 6.30. The molecule has 19 heteroatoms. The summed E-state index contributed by atoms with van der Waals surface area (Å²) in [5.41, 5.74) is 6.27. The topological polar surface area (TPSA) is 179 Å². The second kappa shape index (κ2) is 21.5. The Labute approximate surface area is 433 Å². The van der Waals surface area contributed by atoms with Crippen LogP contribution >= 0.6 is 11.6 Å². The lowest BCUT2D eigenvalue weighted by Gasteiger charge is -2.56. The molecule has 5 aliphatic rings. The van der Waals surface area contributed by atoms with Gasteiger partial charge in [0.15, 0.2) is 0 Å². The van der Waals surface area contributed by atoms with Crippen molar-refractivity contribution in [1.29, 1.82) is 5.26 Å². The summed E-state index contributed by atoms with van der Waals surface area (Å²) in [5.74, 6) is -0.665. The van der Waals surface area contributed by atoms with Crippen LogP contribution in [0.1, 0.15) is 118 Å². The zero-order valence-electron chi connectivity index (χ0n) is 42.0. The fourth-order valence-corrected chi connectivity index (χ4v) is 12.1. The fourth-order valence-electron chi connectivity index (χ4n) is 11.9. The van der Waals surface area contributed by atoms with Crippen LogP contribution in [0, 0.1) is 22.7 Å². The second-order valence-electron chi connectivity index (χ2n) is 21.5. The highest BCUT2D eigenvalue weighted by atomic mass is 35.5. The highest BCUT2D eigenvalue weighted by Crippen LogP contribution is 2.52. The molecule has 2 aromatic heterocycles. The van der Waals surface area contributed by atoms with Crippen molar-refractivity contribution in [2.24, 2.45) is 18.4 Å². The number of carbonyl (C=O) groups excluding carboxylic acids is 2. The predicted molar refractivity (Wildman–Crippen MR) is 273 cm³/mol. The van der Waals surface area contributed by atoms with Crippen molar-refractivity contribution in [2.75, 3.05) is 50.7 Å². The summed E-state index contributed by atoms with van der Waals surface area (Å²) >= 11 is 6.33. The number of carbonyl (C=O) groups is 3. The smallest absolute Gasteiger partial charge is 0.487 e. The summed E-state index contributed by atoms with van der Waals surface area (Å²) in [6.07, 6.45) is 7.12. The second-order valence-corrected chi connectivity index (χ2v) is 21.9. The molecule has 3 aromatic carbocycles. The monoisotopic (exact) mass is 1040 g/mol. The minimum atomic E-state index is -5.08. The number of alkyl halides is 3. The molecule has 2 N–H and O–H groups in total. The molecule has 1 atom stereocenters. The van der Waals surface area contributed by atoms with Gasteiger partial charge in [-0.2, -0.15) is 18.4 Å². The van der Waals surface area contributed by atoms with E-state index in [0.29, 0.717) is 41.0 Å². The molecule has 1 spiro atoms. The van der Waals surface area contributed by atoms with Gasteiger partial charge in [-0.25, -0.2) is 19.6 Å². The van der Waals surface area contributed by atoms with E-state index in [1.807, 2.05) is 42.6 Å². The van der Waals surface area contributed by atoms with E-state index in [-0.39, 0.29) is 23.4 Å². The van der Waals surface area contributed by atoms with Gasteiger partial charge in [0.2, 0.25) is 17.8 Å². The van der Waals surface area contributed by atoms with Gasteiger partial charge in [0, 0.05) is 55.8 Å². The van der Waals surface area contributed by atoms with Gasteiger partial charge in [-0.15, -0.1) is 0 Å². The van der Waals surface area contributed by atoms with E-state index in [4.69, 9.17) is 31.2 Å². The summed E-state index contributed by atoms with van der Waals surface area (Å²) in [6.45, 7) is 12.4. The Balaban J connectivity index is 0.000000898. The number of ether oxygens (including phenoxy) is 1. The Kier molecular flexibility index (Phi) is 15.3. The number of carboxylic acids is 1. The van der Waals surface area contributed by atoms with Crippen LogP contribution in [0.4, 0.5) is 19.1 Å². The first-order chi connectivity index (χ1) is 35.3. The maximum absolute atomic E-state index is 13.3. The first-order valence-electron chi connectivity index (χ1n) is 25.6. The number of carboxylic acid groups (broad SMARTS) is 1. The molecule has 6 heterocycles. The molecular weight excluding hydrogens is 975 g/mol. The van der Waals surface area contributed by atoms with Crippen molar-refractivity contribution in [3.05, 3.63) is 116 Å². The molecule has 1 saturated carbocycles. The molecule has 4 aliphatic heterocycles. The molecule has 392 valence electrons. The molecule has 5 fully saturated rings. The SMILES string of the molecule is Cn1c(=O)n(C2CCC(=O)NC2=O)c2ccc(C3CCN(CC4CCN(C5CC6(CCN(c7nccc(COc8ccc(C(C)(C)c9cc(Cl)cc(C#N)c9)cc8)n7)CC6)C5)CC4)CC3)cc21.O=C(O)C(F)(F)F. The van der Waals surface area contributed by atoms with Crippen LogP contribution in [0.5, 0.6) is 5.75 Å². The number of nitrogens with one attached hydrogen (secondary N) is 1. The van der Waals surface area contributed by atoms with E-state index in [1.54, 1.807) is 22.2 Å². The molecule has 2 amide bonds. The maximum Gasteiger partial charge on any atom is 0.490 e. The number of anilines is 1. The van der Waals surface area contributed by atoms with Crippen LogP contribution in [-0.4, -0.2) is 110 Å². The number of amides is 2. The van der Waals surface area contributed by atoms with Crippen LogP contribution in [0.25, 0.3) is 11.0 Å². The number of rotatable bonds is 11. The number of piperidine rings is 4. The fraction of sp³-hybridized carbons (Fsp3) is 0.509. The normalized spacial score (nSPS) is 20.4. The summed E-state index contributed by atoms with van der Waals surface area (Å²) < 4.78 is 41.1. The quantitative estimate of drug-likeness (QED) is 0.121. The summed E-state index contributed by atoms with van der Waals surface area (Å²) in [5, 5.41) is 19.5. The molecule has 1 unspecified atom stereocenters. The highest BCUT2D eigenvalue weighted by Gasteiger charge is 2.48. The minimum absolute atomic E-state index is 0.216. The van der Waals surface area contributed by atoms with Crippen LogP contribution in [0.15, 0.2) is 77.7 Å². The van der Waals surface area contributed by atoms with Gasteiger partial charge >= 0.3 is 17.8 Å². The number of aromatic nitrogens is 4. The van der Waals surface area contributed by atoms with Crippen molar-refractivity contribution in [2.45, 2.75) is 114 Å². The number of aliphatic carboxylic acids is 1. The summed E-state index contributed by atoms with van der Waals surface area (Å²) in [6, 6.07) is 24.1.